The number of fused-ring (bicyclic) bond motifs is 12. The third-order valence-corrected chi connectivity index (χ3v) is 11.2. The second-order valence-corrected chi connectivity index (χ2v) is 14.0. The van der Waals surface area contributed by atoms with E-state index >= 15 is 0 Å². The van der Waals surface area contributed by atoms with Gasteiger partial charge in [0.15, 0.2) is 0 Å². The van der Waals surface area contributed by atoms with Crippen LogP contribution in [-0.2, 0) is 0 Å². The van der Waals surface area contributed by atoms with Crippen LogP contribution in [-0.4, -0.2) is 0 Å². The van der Waals surface area contributed by atoms with Gasteiger partial charge in [-0.15, -0.1) is 0 Å². The predicted molar refractivity (Wildman–Crippen MR) is 226 cm³/mol. The Bertz CT molecular complexity index is 3030. The van der Waals surface area contributed by atoms with Crippen LogP contribution in [0.15, 0.2) is 200 Å². The molecule has 0 amide bonds. The third kappa shape index (κ3) is 4.58. The van der Waals surface area contributed by atoms with E-state index in [2.05, 4.69) is 205 Å². The van der Waals surface area contributed by atoms with Gasteiger partial charge in [-0.05, 0) is 113 Å². The molecule has 0 unspecified atom stereocenters. The highest BCUT2D eigenvalue weighted by molar-refractivity contribution is 6.26. The minimum atomic E-state index is 1.15. The summed E-state index contributed by atoms with van der Waals surface area (Å²) in [4.78, 5) is 2.41. The maximum Gasteiger partial charge on any atom is 0.0540 e. The van der Waals surface area contributed by atoms with Crippen molar-refractivity contribution in [2.45, 2.75) is 0 Å². The first-order chi connectivity index (χ1) is 26.3. The smallest absolute Gasteiger partial charge is 0.0540 e. The largest absolute Gasteiger partial charge is 0.309 e. The lowest BCUT2D eigenvalue weighted by Gasteiger charge is -2.27. The van der Waals surface area contributed by atoms with Crippen LogP contribution < -0.4 is 4.90 Å². The summed E-state index contributed by atoms with van der Waals surface area (Å²) in [6, 6.07) is 73.6. The summed E-state index contributed by atoms with van der Waals surface area (Å²) in [6.45, 7) is 0. The van der Waals surface area contributed by atoms with Crippen LogP contribution in [0.1, 0.15) is 0 Å². The summed E-state index contributed by atoms with van der Waals surface area (Å²) in [5.74, 6) is 0. The normalized spacial score (nSPS) is 12.1. The van der Waals surface area contributed by atoms with Crippen molar-refractivity contribution in [1.82, 2.24) is 0 Å². The van der Waals surface area contributed by atoms with Gasteiger partial charge in [-0.1, -0.05) is 164 Å². The van der Waals surface area contributed by atoms with E-state index in [1.807, 2.05) is 0 Å². The van der Waals surface area contributed by atoms with Gasteiger partial charge in [0.05, 0.1) is 11.4 Å². The van der Waals surface area contributed by atoms with Crippen LogP contribution >= 0.6 is 0 Å². The highest BCUT2D eigenvalue weighted by Gasteiger charge is 2.26. The highest BCUT2D eigenvalue weighted by Crippen LogP contribution is 2.51. The first-order valence-corrected chi connectivity index (χ1v) is 18.4. The van der Waals surface area contributed by atoms with Crippen molar-refractivity contribution < 1.29 is 0 Å². The summed E-state index contributed by atoms with van der Waals surface area (Å²) < 4.78 is 0. The van der Waals surface area contributed by atoms with E-state index in [0.717, 1.165) is 5.69 Å². The Balaban J connectivity index is 1.10. The Labute approximate surface area is 308 Å². The minimum Gasteiger partial charge on any atom is -0.309 e. The monoisotopic (exact) mass is 671 g/mol. The molecule has 246 valence electrons. The van der Waals surface area contributed by atoms with Crippen LogP contribution in [0.2, 0.25) is 0 Å². The van der Waals surface area contributed by atoms with E-state index in [1.54, 1.807) is 0 Å². The fourth-order valence-electron chi connectivity index (χ4n) is 8.84. The summed E-state index contributed by atoms with van der Waals surface area (Å²) in [5.41, 5.74) is 13.4. The molecule has 10 aromatic carbocycles. The average Bonchev–Trinajstić information content (AvgIpc) is 3.36. The lowest BCUT2D eigenvalue weighted by Crippen LogP contribution is -2.10. The zero-order chi connectivity index (χ0) is 34.9. The Kier molecular flexibility index (Phi) is 6.62. The number of hydrogen-bond acceptors (Lipinski definition) is 1. The zero-order valence-corrected chi connectivity index (χ0v) is 29.0. The zero-order valence-electron chi connectivity index (χ0n) is 29.0. The van der Waals surface area contributed by atoms with Crippen LogP contribution in [0, 0.1) is 0 Å². The highest BCUT2D eigenvalue weighted by atomic mass is 15.1. The van der Waals surface area contributed by atoms with Crippen molar-refractivity contribution in [2.75, 3.05) is 4.90 Å². The number of nitrogens with zero attached hydrogens (tertiary/aromatic N) is 1. The molecule has 0 saturated carbocycles. The predicted octanol–water partition coefficient (Wildman–Crippen LogP) is 14.8. The molecule has 1 aliphatic heterocycles. The number of para-hydroxylation sites is 3. The molecule has 0 bridgehead atoms. The summed E-state index contributed by atoms with van der Waals surface area (Å²) in [5, 5.41) is 10.3. The number of rotatable bonds is 3. The Morgan fingerprint density at radius 2 is 0.660 bits per heavy atom. The second kappa shape index (κ2) is 11.8. The third-order valence-electron chi connectivity index (χ3n) is 11.2. The van der Waals surface area contributed by atoms with E-state index in [4.69, 9.17) is 0 Å². The molecular formula is C52H33N. The summed E-state index contributed by atoms with van der Waals surface area (Å²) >= 11 is 0. The van der Waals surface area contributed by atoms with Gasteiger partial charge in [0.1, 0.15) is 0 Å². The van der Waals surface area contributed by atoms with Crippen LogP contribution in [0.5, 0.6) is 0 Å². The van der Waals surface area contributed by atoms with Gasteiger partial charge in [-0.3, -0.25) is 0 Å². The fourth-order valence-corrected chi connectivity index (χ4v) is 8.84. The van der Waals surface area contributed by atoms with E-state index in [-0.39, 0.29) is 0 Å². The molecule has 11 rings (SSSR count). The van der Waals surface area contributed by atoms with Crippen molar-refractivity contribution in [3.63, 3.8) is 0 Å². The van der Waals surface area contributed by atoms with E-state index in [9.17, 15) is 0 Å². The molecular weight excluding hydrogens is 639 g/mol. The Morgan fingerprint density at radius 1 is 0.226 bits per heavy atom. The first kappa shape index (κ1) is 29.7. The lowest BCUT2D eigenvalue weighted by molar-refractivity contribution is 1.29. The van der Waals surface area contributed by atoms with Crippen molar-refractivity contribution in [3.8, 4) is 44.5 Å². The van der Waals surface area contributed by atoms with E-state index in [0.29, 0.717) is 0 Å². The molecule has 1 heterocycles. The number of anilines is 3. The minimum absolute atomic E-state index is 1.15. The van der Waals surface area contributed by atoms with Crippen molar-refractivity contribution >= 4 is 60.2 Å². The molecule has 53 heavy (non-hydrogen) atoms. The molecule has 1 heteroatoms. The Morgan fingerprint density at radius 3 is 1.28 bits per heavy atom. The maximum atomic E-state index is 2.41. The Hall–Kier alpha value is -6.96. The van der Waals surface area contributed by atoms with Crippen LogP contribution in [0.4, 0.5) is 17.1 Å². The lowest BCUT2D eigenvalue weighted by atomic mass is 9.88. The number of hydrogen-bond donors (Lipinski definition) is 0. The molecule has 0 saturated heterocycles. The van der Waals surface area contributed by atoms with E-state index < -0.39 is 0 Å². The molecule has 0 N–H and O–H groups in total. The van der Waals surface area contributed by atoms with Crippen LogP contribution in [0.25, 0.3) is 87.6 Å². The second-order valence-electron chi connectivity index (χ2n) is 14.0. The van der Waals surface area contributed by atoms with Crippen molar-refractivity contribution in [2.24, 2.45) is 0 Å². The molecule has 0 radical (unpaired) electrons. The molecule has 0 aliphatic carbocycles. The molecule has 0 spiro atoms. The van der Waals surface area contributed by atoms with Gasteiger partial charge >= 0.3 is 0 Å². The van der Waals surface area contributed by atoms with E-state index in [1.165, 1.54) is 99.0 Å². The summed E-state index contributed by atoms with van der Waals surface area (Å²) in [7, 11) is 0. The summed E-state index contributed by atoms with van der Waals surface area (Å²) in [6.07, 6.45) is 0. The molecule has 1 nitrogen and oxygen atoms in total. The standard InChI is InChI=1S/C52H33N/c1-2-14-36(15-3-1)53-51-26-10-8-20-47(51)46-31-29-35(33-50(46)48-21-9-11-27-52(48)53)38-23-13-24-39-37(22-12-25-40(38)39)34-28-30-45-43-18-5-4-16-41(43)42-17-6-7-19-44(42)49(45)32-34/h1-33H. The quantitative estimate of drug-likeness (QED) is 0.169. The molecule has 0 fully saturated rings. The molecule has 10 aromatic rings. The van der Waals surface area contributed by atoms with Gasteiger partial charge in [0, 0.05) is 16.8 Å². The maximum absolute atomic E-state index is 2.41. The molecule has 0 atom stereocenters. The average molecular weight is 672 g/mol. The number of benzene rings is 10. The fraction of sp³-hybridized carbons (Fsp3) is 0. The topological polar surface area (TPSA) is 3.24 Å². The SMILES string of the molecule is c1ccc(N2c3ccccc3-c3ccc(-c4cccc5c(-c6ccc7c8ccccc8c8ccccc8c7c6)cccc45)cc3-c3ccccc32)cc1. The first-order valence-electron chi connectivity index (χ1n) is 18.4. The van der Waals surface area contributed by atoms with Gasteiger partial charge in [0.2, 0.25) is 0 Å². The van der Waals surface area contributed by atoms with Crippen molar-refractivity contribution in [1.29, 1.82) is 0 Å². The van der Waals surface area contributed by atoms with Crippen molar-refractivity contribution in [3.05, 3.63) is 200 Å². The van der Waals surface area contributed by atoms with Gasteiger partial charge in [-0.2, -0.15) is 0 Å². The molecule has 0 aromatic heterocycles. The van der Waals surface area contributed by atoms with Gasteiger partial charge in [0.25, 0.3) is 0 Å². The van der Waals surface area contributed by atoms with Gasteiger partial charge in [-0.25, -0.2) is 0 Å². The van der Waals surface area contributed by atoms with Crippen LogP contribution in [0.3, 0.4) is 0 Å². The van der Waals surface area contributed by atoms with Gasteiger partial charge < -0.3 is 4.90 Å². The molecule has 1 aliphatic rings.